The number of β-amino-alcohol motifs (C(OH)–C–C–N with tert-alkyl or cyclic N) is 2. The molecule has 1 saturated heterocycles. The Morgan fingerprint density at radius 1 is 0.704 bits per heavy atom. The molecule has 1 aliphatic rings. The van der Waals surface area contributed by atoms with Gasteiger partial charge in [-0.1, -0.05) is 24.4 Å². The first-order valence-corrected chi connectivity index (χ1v) is 9.03. The summed E-state index contributed by atoms with van der Waals surface area (Å²) in [6, 6.07) is 0. The summed E-state index contributed by atoms with van der Waals surface area (Å²) in [6.07, 6.45) is 0. The van der Waals surface area contributed by atoms with Gasteiger partial charge in [0.25, 0.3) is 0 Å². The van der Waals surface area contributed by atoms with Gasteiger partial charge < -0.3 is 42.3 Å². The summed E-state index contributed by atoms with van der Waals surface area (Å²) in [6.45, 7) is 8.27. The van der Waals surface area contributed by atoms with Crippen LogP contribution in [0, 0.1) is 0 Å². The molecule has 0 amide bonds. The predicted molar refractivity (Wildman–Crippen MR) is 111 cm³/mol. The first-order valence-electron chi connectivity index (χ1n) is 8.21. The predicted octanol–water partition coefficient (Wildman–Crippen LogP) is -1.91. The van der Waals surface area contributed by atoms with Crippen molar-refractivity contribution in [2.24, 2.45) is 0 Å². The van der Waals surface area contributed by atoms with Gasteiger partial charge in [-0.3, -0.25) is 9.80 Å². The third-order valence-electron chi connectivity index (χ3n) is 3.13. The van der Waals surface area contributed by atoms with Crippen LogP contribution in [0.4, 0.5) is 0 Å². The molecular formula is C14H30CuN8O2S2. The van der Waals surface area contributed by atoms with Crippen molar-refractivity contribution < 1.29 is 27.3 Å². The Kier molecular flexibility index (Phi) is 32.7. The smallest absolute Gasteiger partial charge is 0.753 e. The Balaban J connectivity index is -0.000000726. The van der Waals surface area contributed by atoms with Gasteiger partial charge in [-0.25, -0.2) is 0 Å². The Bertz CT molecular complexity index is 323. The molecule has 1 radical (unpaired) electrons. The van der Waals surface area contributed by atoms with E-state index in [1.807, 2.05) is 0 Å². The van der Waals surface area contributed by atoms with Gasteiger partial charge >= 0.3 is 17.1 Å². The Morgan fingerprint density at radius 3 is 1.11 bits per heavy atom. The summed E-state index contributed by atoms with van der Waals surface area (Å²) >= 11 is 7.40. The second kappa shape index (κ2) is 28.0. The van der Waals surface area contributed by atoms with Crippen molar-refractivity contribution in [1.29, 1.82) is 0 Å². The van der Waals surface area contributed by atoms with Gasteiger partial charge in [-0.05, 0) is 0 Å². The maximum atomic E-state index is 9.02. The van der Waals surface area contributed by atoms with E-state index in [1.54, 1.807) is 0 Å². The fourth-order valence-electron chi connectivity index (χ4n) is 2.01. The summed E-state index contributed by atoms with van der Waals surface area (Å²) in [7, 11) is 0. The first-order chi connectivity index (χ1) is 12.7. The molecule has 161 valence electrons. The number of rotatable bonds is 4. The molecule has 1 rings (SSSR count). The van der Waals surface area contributed by atoms with Crippen LogP contribution in [0.15, 0.2) is 0 Å². The number of thiocarbonyl (C=S) groups is 2. The van der Waals surface area contributed by atoms with E-state index in [0.29, 0.717) is 13.1 Å². The standard InChI is InChI=1S/C12H30N6O2.2CNS.Cu/c19-7-5-17-9-13-1-2-14-10-18(6-8-20)12-16-4-3-15-11-17;2*2-1-3;/h13-16,19-20H,1-12H2;;;/q;2*-1;+2. The number of isothiocyanates is 2. The van der Waals surface area contributed by atoms with Crippen LogP contribution in [-0.4, -0.2) is 109 Å². The summed E-state index contributed by atoms with van der Waals surface area (Å²) in [5, 5.41) is 48.4. The third-order valence-corrected chi connectivity index (χ3v) is 3.13. The number of aliphatic hydroxyl groups excluding tert-OH is 2. The first kappa shape index (κ1) is 31.5. The molecule has 0 spiro atoms. The minimum atomic E-state index is 0. The van der Waals surface area contributed by atoms with Crippen LogP contribution in [0.1, 0.15) is 0 Å². The van der Waals surface area contributed by atoms with E-state index >= 15 is 0 Å². The summed E-state index contributed by atoms with van der Waals surface area (Å²) in [5.74, 6) is 0. The van der Waals surface area contributed by atoms with Crippen LogP contribution in [0.2, 0.25) is 0 Å². The van der Waals surface area contributed by atoms with E-state index < -0.39 is 0 Å². The van der Waals surface area contributed by atoms with Gasteiger partial charge in [0, 0.05) is 65.9 Å². The van der Waals surface area contributed by atoms with Crippen LogP contribution in [-0.2, 0) is 17.1 Å². The van der Waals surface area contributed by atoms with Gasteiger partial charge in [0.2, 0.25) is 0 Å². The monoisotopic (exact) mass is 469 g/mol. The minimum absolute atomic E-state index is 0. The van der Waals surface area contributed by atoms with Crippen molar-refractivity contribution in [1.82, 2.24) is 31.1 Å². The van der Waals surface area contributed by atoms with Crippen molar-refractivity contribution in [2.45, 2.75) is 0 Å². The maximum Gasteiger partial charge on any atom is 2.00 e. The van der Waals surface area contributed by atoms with Crippen LogP contribution in [0.3, 0.4) is 0 Å². The number of nitrogens with zero attached hydrogens (tertiary/aromatic N) is 4. The molecule has 1 fully saturated rings. The molecule has 0 aromatic rings. The molecule has 0 saturated carbocycles. The Morgan fingerprint density at radius 2 is 0.926 bits per heavy atom. The molecular weight excluding hydrogens is 440 g/mol. The third kappa shape index (κ3) is 25.8. The normalized spacial score (nSPS) is 17.3. The minimum Gasteiger partial charge on any atom is -0.753 e. The number of aliphatic hydroxyl groups is 2. The van der Waals surface area contributed by atoms with Crippen LogP contribution < -0.4 is 21.3 Å². The van der Waals surface area contributed by atoms with Crippen molar-refractivity contribution >= 4 is 34.8 Å². The van der Waals surface area contributed by atoms with E-state index in [9.17, 15) is 0 Å². The molecule has 0 aromatic carbocycles. The van der Waals surface area contributed by atoms with E-state index in [-0.39, 0.29) is 30.3 Å². The molecule has 0 bridgehead atoms. The second-order valence-corrected chi connectivity index (χ2v) is 5.42. The van der Waals surface area contributed by atoms with Crippen molar-refractivity contribution in [3.05, 3.63) is 10.8 Å². The average molecular weight is 470 g/mol. The zero-order valence-corrected chi connectivity index (χ0v) is 17.9. The molecule has 10 nitrogen and oxygen atoms in total. The van der Waals surface area contributed by atoms with Crippen LogP contribution >= 0.6 is 24.4 Å². The van der Waals surface area contributed by atoms with Crippen LogP contribution in [0.5, 0.6) is 0 Å². The van der Waals surface area contributed by atoms with Gasteiger partial charge in [-0.15, -0.1) is 0 Å². The quantitative estimate of drug-likeness (QED) is 0.157. The van der Waals surface area contributed by atoms with Crippen molar-refractivity contribution in [3.63, 3.8) is 0 Å². The second-order valence-electron chi connectivity index (χ2n) is 5.05. The number of hydrogen-bond donors (Lipinski definition) is 6. The SMILES string of the molecule is OCCN1CNCCNCN(CCO)CNCCNC1.[Cu+2].[N-]=C=S.[N-]=C=S. The van der Waals surface area contributed by atoms with E-state index in [2.05, 4.69) is 55.5 Å². The average Bonchev–Trinajstić information content (AvgIpc) is 2.61. The number of hydrogen-bond acceptors (Lipinski definition) is 10. The molecule has 13 heteroatoms. The van der Waals surface area contributed by atoms with E-state index in [4.69, 9.17) is 21.0 Å². The van der Waals surface area contributed by atoms with Gasteiger partial charge in [0.1, 0.15) is 0 Å². The van der Waals surface area contributed by atoms with Gasteiger partial charge in [0.15, 0.2) is 0 Å². The Labute approximate surface area is 182 Å². The van der Waals surface area contributed by atoms with E-state index in [1.165, 1.54) is 10.3 Å². The van der Waals surface area contributed by atoms with Gasteiger partial charge in [0.05, 0.1) is 13.2 Å². The fourth-order valence-corrected chi connectivity index (χ4v) is 2.01. The van der Waals surface area contributed by atoms with Gasteiger partial charge in [-0.2, -0.15) is 10.3 Å². The molecule has 0 aliphatic carbocycles. The maximum absolute atomic E-state index is 9.02. The molecule has 1 aliphatic heterocycles. The largest absolute Gasteiger partial charge is 2.00 e. The van der Waals surface area contributed by atoms with E-state index in [0.717, 1.165) is 52.9 Å². The zero-order valence-electron chi connectivity index (χ0n) is 15.3. The molecule has 0 atom stereocenters. The van der Waals surface area contributed by atoms with Crippen molar-refractivity contribution in [2.75, 3.05) is 79.2 Å². The fraction of sp³-hybridized carbons (Fsp3) is 0.857. The topological polar surface area (TPSA) is 140 Å². The van der Waals surface area contributed by atoms with Crippen molar-refractivity contribution in [3.8, 4) is 0 Å². The molecule has 27 heavy (non-hydrogen) atoms. The molecule has 6 N–H and O–H groups in total. The summed E-state index contributed by atoms with van der Waals surface area (Å²) in [4.78, 5) is 4.29. The van der Waals surface area contributed by atoms with Crippen LogP contribution in [0.25, 0.3) is 10.8 Å². The molecule has 0 unspecified atom stereocenters. The Hall–Kier alpha value is -0.201. The summed E-state index contributed by atoms with van der Waals surface area (Å²) in [5.41, 5.74) is 0. The number of nitrogens with one attached hydrogen (secondary N) is 4. The summed E-state index contributed by atoms with van der Waals surface area (Å²) < 4.78 is 0. The zero-order chi connectivity index (χ0) is 19.9. The molecule has 1 heterocycles. The molecule has 0 aromatic heterocycles.